The van der Waals surface area contributed by atoms with Gasteiger partial charge in [-0.3, -0.25) is 0 Å². The van der Waals surface area contributed by atoms with Crippen molar-refractivity contribution in [2.75, 3.05) is 5.73 Å². The first-order valence-electron chi connectivity index (χ1n) is 10.3. The molecule has 31 heavy (non-hydrogen) atoms. The third-order valence-corrected chi connectivity index (χ3v) is 4.82. The number of fused-ring (bicyclic) bond motifs is 1. The average molecular weight is 426 g/mol. The number of aryl methyl sites for hydroxylation is 1. The van der Waals surface area contributed by atoms with Gasteiger partial charge in [0.15, 0.2) is 0 Å². The number of nitrogen functional groups attached to an aromatic ring is 1. The van der Waals surface area contributed by atoms with Crippen LogP contribution in [0.25, 0.3) is 17.2 Å². The molecule has 0 atom stereocenters. The average Bonchev–Trinajstić information content (AvgIpc) is 3.23. The van der Waals surface area contributed by atoms with E-state index in [4.69, 9.17) is 13.6 Å². The molecule has 9 heteroatoms. The minimum atomic E-state index is -2.43. The summed E-state index contributed by atoms with van der Waals surface area (Å²) in [6.45, 7) is 11.5. The third kappa shape index (κ3) is 6.02. The molecule has 0 saturated heterocycles. The number of unbranched alkanes of at least 4 members (excludes halogenated alkanes) is 2. The number of imidazole rings is 1. The van der Waals surface area contributed by atoms with Crippen molar-refractivity contribution in [3.05, 3.63) is 47.7 Å². The molecule has 0 aliphatic carbocycles. The molecule has 164 valence electrons. The molecule has 2 radical (unpaired) electrons. The minimum Gasteiger partial charge on any atom is -0.367 e. The van der Waals surface area contributed by atoms with E-state index >= 15 is 0 Å². The van der Waals surface area contributed by atoms with Gasteiger partial charge in [-0.2, -0.15) is 0 Å². The fraction of sp³-hybridized carbons (Fsp3) is 0.409. The first-order valence-corrected chi connectivity index (χ1v) is 10.3. The highest BCUT2D eigenvalue weighted by atomic mass is 19.3. The number of nitrogens with two attached hydrogens (primary N) is 1. The van der Waals surface area contributed by atoms with E-state index in [1.54, 1.807) is 42.8 Å². The molecule has 0 amide bonds. The Bertz CT molecular complexity index is 1070. The van der Waals surface area contributed by atoms with Crippen LogP contribution in [0.15, 0.2) is 24.9 Å². The molecule has 2 N–H and O–H groups in total. The summed E-state index contributed by atoms with van der Waals surface area (Å²) in [4.78, 5) is 8.30. The fourth-order valence-electron chi connectivity index (χ4n) is 3.21. The third-order valence-electron chi connectivity index (χ3n) is 4.82. The van der Waals surface area contributed by atoms with Crippen LogP contribution in [0.3, 0.4) is 0 Å². The Morgan fingerprint density at radius 3 is 2.52 bits per heavy atom. The zero-order valence-corrected chi connectivity index (χ0v) is 18.6. The van der Waals surface area contributed by atoms with Gasteiger partial charge in [-0.05, 0) is 31.6 Å². The van der Waals surface area contributed by atoms with Gasteiger partial charge in [0.2, 0.25) is 5.95 Å². The Balaban J connectivity index is 0.000000614. The summed E-state index contributed by atoms with van der Waals surface area (Å²) < 4.78 is 28.4. The first-order chi connectivity index (χ1) is 14.7. The minimum absolute atomic E-state index is 0.0778. The van der Waals surface area contributed by atoms with Crippen LogP contribution in [0.2, 0.25) is 0 Å². The SMILES string of the molecule is CCCCC.[B]c1nc(N)nn2ccc(C(=C)/C=C\c3nc(C)n(CC(F)F)c3C)c12. The van der Waals surface area contributed by atoms with Gasteiger partial charge in [0, 0.05) is 23.0 Å². The summed E-state index contributed by atoms with van der Waals surface area (Å²) in [5.74, 6) is 0.615. The number of halogens is 2. The van der Waals surface area contributed by atoms with Gasteiger partial charge in [-0.25, -0.2) is 23.3 Å². The van der Waals surface area contributed by atoms with Crippen molar-refractivity contribution in [2.24, 2.45) is 0 Å². The van der Waals surface area contributed by atoms with Crippen LogP contribution in [-0.2, 0) is 6.54 Å². The molecule has 0 aromatic carbocycles. The van der Waals surface area contributed by atoms with Gasteiger partial charge in [0.05, 0.1) is 17.8 Å². The normalized spacial score (nSPS) is 11.3. The van der Waals surface area contributed by atoms with Crippen LogP contribution >= 0.6 is 0 Å². The number of hydrogen-bond acceptors (Lipinski definition) is 4. The molecule has 0 bridgehead atoms. The van der Waals surface area contributed by atoms with Crippen LogP contribution in [-0.4, -0.2) is 38.4 Å². The maximum absolute atomic E-state index is 12.7. The van der Waals surface area contributed by atoms with E-state index in [1.807, 2.05) is 0 Å². The van der Waals surface area contributed by atoms with Crippen molar-refractivity contribution in [1.29, 1.82) is 0 Å². The van der Waals surface area contributed by atoms with E-state index in [0.717, 1.165) is 5.56 Å². The molecule has 0 aliphatic heterocycles. The monoisotopic (exact) mass is 426 g/mol. The van der Waals surface area contributed by atoms with Crippen LogP contribution in [0.4, 0.5) is 14.7 Å². The number of allylic oxidation sites excluding steroid dienone is 2. The molecule has 3 heterocycles. The van der Waals surface area contributed by atoms with Gasteiger partial charge in [-0.15, -0.1) is 5.10 Å². The van der Waals surface area contributed by atoms with Crippen molar-refractivity contribution in [3.63, 3.8) is 0 Å². The highest BCUT2D eigenvalue weighted by Crippen LogP contribution is 2.21. The smallest absolute Gasteiger partial charge is 0.256 e. The second-order valence-corrected chi connectivity index (χ2v) is 7.22. The predicted octanol–water partition coefficient (Wildman–Crippen LogP) is 4.11. The quantitative estimate of drug-likeness (QED) is 0.456. The summed E-state index contributed by atoms with van der Waals surface area (Å²) >= 11 is 0. The number of nitrogens with zero attached hydrogens (tertiary/aromatic N) is 5. The topological polar surface area (TPSA) is 74.0 Å². The van der Waals surface area contributed by atoms with Gasteiger partial charge in [0.1, 0.15) is 13.7 Å². The van der Waals surface area contributed by atoms with Crippen molar-refractivity contribution in [2.45, 2.75) is 59.9 Å². The lowest BCUT2D eigenvalue weighted by atomic mass is 9.98. The lowest BCUT2D eigenvalue weighted by Crippen LogP contribution is -2.17. The van der Waals surface area contributed by atoms with E-state index in [1.165, 1.54) is 23.8 Å². The Kier molecular flexibility index (Phi) is 8.53. The molecular weight excluding hydrogens is 397 g/mol. The largest absolute Gasteiger partial charge is 0.367 e. The standard InChI is InChI=1S/C17H17BF2N6.C5H12/c1-9(12-6-7-26-15(12)16(18)23-17(21)24-26)4-5-13-10(2)25(8-14(19)20)11(3)22-13;1-3-5-4-2/h4-7,14H,1,8H2,2-3H3,(H2,21,24);3-5H2,1-2H3/b5-4-;. The van der Waals surface area contributed by atoms with Crippen LogP contribution in [0, 0.1) is 13.8 Å². The van der Waals surface area contributed by atoms with Crippen LogP contribution in [0.5, 0.6) is 0 Å². The van der Waals surface area contributed by atoms with Crippen LogP contribution in [0.1, 0.15) is 55.9 Å². The number of anilines is 1. The second kappa shape index (κ2) is 10.9. The van der Waals surface area contributed by atoms with E-state index in [-0.39, 0.29) is 18.1 Å². The van der Waals surface area contributed by atoms with Crippen molar-refractivity contribution in [1.82, 2.24) is 24.1 Å². The van der Waals surface area contributed by atoms with Crippen molar-refractivity contribution < 1.29 is 8.78 Å². The van der Waals surface area contributed by atoms with Crippen molar-refractivity contribution >= 4 is 36.6 Å². The van der Waals surface area contributed by atoms with Gasteiger partial charge >= 0.3 is 0 Å². The number of alkyl halides is 2. The van der Waals surface area contributed by atoms with E-state index < -0.39 is 6.43 Å². The molecule has 0 unspecified atom stereocenters. The fourth-order valence-corrected chi connectivity index (χ4v) is 3.21. The van der Waals surface area contributed by atoms with E-state index in [0.29, 0.717) is 28.3 Å². The van der Waals surface area contributed by atoms with Gasteiger partial charge in [0.25, 0.3) is 6.43 Å². The zero-order valence-electron chi connectivity index (χ0n) is 18.6. The Morgan fingerprint density at radius 2 is 1.94 bits per heavy atom. The maximum atomic E-state index is 12.7. The molecule has 6 nitrogen and oxygen atoms in total. The molecular formula is C22H29BF2N6. The molecule has 0 saturated carbocycles. The van der Waals surface area contributed by atoms with Crippen molar-refractivity contribution in [3.8, 4) is 0 Å². The zero-order chi connectivity index (χ0) is 23.1. The number of rotatable bonds is 7. The van der Waals surface area contributed by atoms with E-state index in [2.05, 4.69) is 35.5 Å². The van der Waals surface area contributed by atoms with Gasteiger partial charge in [-0.1, -0.05) is 45.8 Å². The van der Waals surface area contributed by atoms with Crippen LogP contribution < -0.4 is 11.3 Å². The Labute approximate surface area is 183 Å². The summed E-state index contributed by atoms with van der Waals surface area (Å²) in [7, 11) is 5.94. The Morgan fingerprint density at radius 1 is 1.26 bits per heavy atom. The lowest BCUT2D eigenvalue weighted by Gasteiger charge is -2.06. The van der Waals surface area contributed by atoms with Gasteiger partial charge < -0.3 is 10.3 Å². The Hall–Kier alpha value is -2.97. The molecule has 0 aliphatic rings. The first kappa shape index (κ1) is 24.3. The highest BCUT2D eigenvalue weighted by Gasteiger charge is 2.14. The van der Waals surface area contributed by atoms with E-state index in [9.17, 15) is 8.78 Å². The maximum Gasteiger partial charge on any atom is 0.256 e. The number of aromatic nitrogens is 5. The molecule has 3 aromatic rings. The molecule has 3 rings (SSSR count). The summed E-state index contributed by atoms with van der Waals surface area (Å²) in [5, 5.41) is 4.07. The molecule has 0 fully saturated rings. The lowest BCUT2D eigenvalue weighted by molar-refractivity contribution is 0.125. The summed E-state index contributed by atoms with van der Waals surface area (Å²) in [6.07, 6.45) is 6.85. The molecule has 0 spiro atoms. The summed E-state index contributed by atoms with van der Waals surface area (Å²) in [5.41, 5.74) is 9.13. The second-order valence-electron chi connectivity index (χ2n) is 7.22. The summed E-state index contributed by atoms with van der Waals surface area (Å²) in [6, 6.07) is 1.81. The highest BCUT2D eigenvalue weighted by molar-refractivity contribution is 6.35. The number of hydrogen-bond donors (Lipinski definition) is 1. The predicted molar refractivity (Wildman–Crippen MR) is 124 cm³/mol. The molecule has 3 aromatic heterocycles.